The van der Waals surface area contributed by atoms with Crippen molar-refractivity contribution in [3.05, 3.63) is 35.4 Å². The molecule has 0 spiro atoms. The molecule has 1 aromatic carbocycles. The van der Waals surface area contributed by atoms with Gasteiger partial charge in [-0.3, -0.25) is 4.79 Å². The molecule has 0 saturated carbocycles. The number of benzene rings is 1. The number of hydrogen-bond donors (Lipinski definition) is 2. The molecule has 2 rings (SSSR count). The zero-order chi connectivity index (χ0) is 15.3. The van der Waals surface area contributed by atoms with Crippen LogP contribution in [0.25, 0.3) is 0 Å². The first kappa shape index (κ1) is 15.9. The van der Waals surface area contributed by atoms with Crippen molar-refractivity contribution in [2.24, 2.45) is 5.41 Å². The Hall–Kier alpha value is -1.53. The molecule has 0 radical (unpaired) electrons. The lowest BCUT2D eigenvalue weighted by Crippen LogP contribution is -2.47. The Labute approximate surface area is 122 Å². The molecule has 21 heavy (non-hydrogen) atoms. The molecule has 0 bridgehead atoms. The average molecular weight is 298 g/mol. The van der Waals surface area contributed by atoms with Crippen LogP contribution in [0.1, 0.15) is 23.2 Å². The number of halogens is 2. The molecule has 6 heteroatoms. The van der Waals surface area contributed by atoms with Gasteiger partial charge in [0, 0.05) is 30.7 Å². The lowest BCUT2D eigenvalue weighted by Gasteiger charge is -2.37. The molecule has 1 heterocycles. The molecule has 1 aromatic rings. The molecule has 1 aliphatic heterocycles. The van der Waals surface area contributed by atoms with E-state index in [2.05, 4.69) is 10.6 Å². The van der Waals surface area contributed by atoms with E-state index in [0.717, 1.165) is 44.1 Å². The van der Waals surface area contributed by atoms with Gasteiger partial charge in [-0.25, -0.2) is 8.78 Å². The first-order chi connectivity index (χ1) is 10.0. The minimum atomic E-state index is -0.756. The molecule has 116 valence electrons. The summed E-state index contributed by atoms with van der Waals surface area (Å²) in [6.45, 7) is 2.72. The predicted molar refractivity (Wildman–Crippen MR) is 75.1 cm³/mol. The van der Waals surface area contributed by atoms with Gasteiger partial charge in [0.25, 0.3) is 5.91 Å². The SMILES string of the molecule is COCC1(CNC(=O)c2cc(F)cc(F)c2)CCNCC1. The van der Waals surface area contributed by atoms with E-state index in [9.17, 15) is 13.6 Å². The Bertz CT molecular complexity index is 477. The fourth-order valence-corrected chi connectivity index (χ4v) is 2.69. The molecule has 0 aromatic heterocycles. The Morgan fingerprint density at radius 1 is 1.29 bits per heavy atom. The first-order valence-corrected chi connectivity index (χ1v) is 6.99. The second kappa shape index (κ2) is 6.95. The Morgan fingerprint density at radius 2 is 1.90 bits per heavy atom. The van der Waals surface area contributed by atoms with Gasteiger partial charge in [-0.05, 0) is 38.1 Å². The summed E-state index contributed by atoms with van der Waals surface area (Å²) in [7, 11) is 1.63. The second-order valence-corrected chi connectivity index (χ2v) is 5.52. The Kier molecular flexibility index (Phi) is 5.25. The molecule has 1 amide bonds. The van der Waals surface area contributed by atoms with Gasteiger partial charge in [0.1, 0.15) is 11.6 Å². The summed E-state index contributed by atoms with van der Waals surface area (Å²) in [5.74, 6) is -1.98. The van der Waals surface area contributed by atoms with Crippen molar-refractivity contribution in [1.82, 2.24) is 10.6 Å². The fourth-order valence-electron chi connectivity index (χ4n) is 2.69. The Morgan fingerprint density at radius 3 is 2.48 bits per heavy atom. The zero-order valence-corrected chi connectivity index (χ0v) is 12.0. The van der Waals surface area contributed by atoms with Gasteiger partial charge in [-0.2, -0.15) is 0 Å². The summed E-state index contributed by atoms with van der Waals surface area (Å²) >= 11 is 0. The highest BCUT2D eigenvalue weighted by Gasteiger charge is 2.32. The highest BCUT2D eigenvalue weighted by atomic mass is 19.1. The summed E-state index contributed by atoms with van der Waals surface area (Å²) < 4.78 is 31.5. The number of methoxy groups -OCH3 is 1. The van der Waals surface area contributed by atoms with E-state index in [1.54, 1.807) is 7.11 Å². The zero-order valence-electron chi connectivity index (χ0n) is 12.0. The highest BCUT2D eigenvalue weighted by Crippen LogP contribution is 2.28. The molecule has 4 nitrogen and oxygen atoms in total. The average Bonchev–Trinajstić information content (AvgIpc) is 2.45. The minimum absolute atomic E-state index is 0.00555. The molecule has 2 N–H and O–H groups in total. The number of amides is 1. The van der Waals surface area contributed by atoms with Crippen LogP contribution >= 0.6 is 0 Å². The van der Waals surface area contributed by atoms with E-state index < -0.39 is 17.5 Å². The number of ether oxygens (including phenoxy) is 1. The summed E-state index contributed by atoms with van der Waals surface area (Å²) in [5, 5.41) is 6.03. The number of nitrogens with one attached hydrogen (secondary N) is 2. The minimum Gasteiger partial charge on any atom is -0.384 e. The lowest BCUT2D eigenvalue weighted by molar-refractivity contribution is 0.0511. The van der Waals surface area contributed by atoms with Crippen LogP contribution in [-0.2, 0) is 4.74 Å². The van der Waals surface area contributed by atoms with Gasteiger partial charge in [0.05, 0.1) is 6.61 Å². The van der Waals surface area contributed by atoms with E-state index >= 15 is 0 Å². The van der Waals surface area contributed by atoms with Gasteiger partial charge in [-0.15, -0.1) is 0 Å². The second-order valence-electron chi connectivity index (χ2n) is 5.52. The first-order valence-electron chi connectivity index (χ1n) is 6.99. The third kappa shape index (κ3) is 4.22. The van der Waals surface area contributed by atoms with Crippen LogP contribution in [0.3, 0.4) is 0 Å². The van der Waals surface area contributed by atoms with Crippen molar-refractivity contribution < 1.29 is 18.3 Å². The maximum atomic E-state index is 13.1. The molecule has 1 fully saturated rings. The topological polar surface area (TPSA) is 50.4 Å². The quantitative estimate of drug-likeness (QED) is 0.870. The molecular weight excluding hydrogens is 278 g/mol. The van der Waals surface area contributed by atoms with E-state index in [1.165, 1.54) is 0 Å². The van der Waals surface area contributed by atoms with Crippen LogP contribution in [-0.4, -0.2) is 39.3 Å². The van der Waals surface area contributed by atoms with E-state index in [4.69, 9.17) is 4.74 Å². The summed E-state index contributed by atoms with van der Waals surface area (Å²) in [6.07, 6.45) is 1.78. The van der Waals surface area contributed by atoms with Crippen LogP contribution in [0.15, 0.2) is 18.2 Å². The standard InChI is InChI=1S/C15H20F2N2O2/c1-21-10-15(2-4-18-5-3-15)9-19-14(20)11-6-12(16)8-13(17)7-11/h6-8,18H,2-5,9-10H2,1H3,(H,19,20). The van der Waals surface area contributed by atoms with Gasteiger partial charge in [0.2, 0.25) is 0 Å². The van der Waals surface area contributed by atoms with Crippen LogP contribution in [0.2, 0.25) is 0 Å². The molecule has 1 saturated heterocycles. The smallest absolute Gasteiger partial charge is 0.251 e. The third-order valence-corrected chi connectivity index (χ3v) is 3.86. The van der Waals surface area contributed by atoms with Crippen molar-refractivity contribution in [3.63, 3.8) is 0 Å². The van der Waals surface area contributed by atoms with E-state index in [-0.39, 0.29) is 11.0 Å². The monoisotopic (exact) mass is 298 g/mol. The number of carbonyl (C=O) groups is 1. The van der Waals surface area contributed by atoms with Gasteiger partial charge >= 0.3 is 0 Å². The number of rotatable bonds is 5. The van der Waals surface area contributed by atoms with E-state index in [0.29, 0.717) is 13.2 Å². The van der Waals surface area contributed by atoms with Crippen LogP contribution in [0.5, 0.6) is 0 Å². The number of hydrogen-bond acceptors (Lipinski definition) is 3. The molecule has 1 aliphatic rings. The van der Waals surface area contributed by atoms with Crippen LogP contribution < -0.4 is 10.6 Å². The molecule has 0 unspecified atom stereocenters. The van der Waals surface area contributed by atoms with E-state index in [1.807, 2.05) is 0 Å². The molecule has 0 aliphatic carbocycles. The molecular formula is C15H20F2N2O2. The maximum absolute atomic E-state index is 13.1. The normalized spacial score (nSPS) is 17.5. The maximum Gasteiger partial charge on any atom is 0.251 e. The highest BCUT2D eigenvalue weighted by molar-refractivity contribution is 5.94. The number of carbonyl (C=O) groups excluding carboxylic acids is 1. The fraction of sp³-hybridized carbons (Fsp3) is 0.533. The van der Waals surface area contributed by atoms with Crippen molar-refractivity contribution in [1.29, 1.82) is 0 Å². The lowest BCUT2D eigenvalue weighted by atomic mass is 9.79. The van der Waals surface area contributed by atoms with Crippen LogP contribution in [0, 0.1) is 17.0 Å². The summed E-state index contributed by atoms with van der Waals surface area (Å²) in [4.78, 5) is 12.0. The van der Waals surface area contributed by atoms with Crippen molar-refractivity contribution in [2.75, 3.05) is 33.4 Å². The summed E-state index contributed by atoms with van der Waals surface area (Å²) in [5.41, 5.74) is -0.129. The van der Waals surface area contributed by atoms with Gasteiger partial charge in [-0.1, -0.05) is 0 Å². The number of piperidine rings is 1. The van der Waals surface area contributed by atoms with Crippen molar-refractivity contribution in [3.8, 4) is 0 Å². The third-order valence-electron chi connectivity index (χ3n) is 3.86. The van der Waals surface area contributed by atoms with Crippen LogP contribution in [0.4, 0.5) is 8.78 Å². The van der Waals surface area contributed by atoms with Crippen molar-refractivity contribution >= 4 is 5.91 Å². The largest absolute Gasteiger partial charge is 0.384 e. The van der Waals surface area contributed by atoms with Crippen molar-refractivity contribution in [2.45, 2.75) is 12.8 Å². The summed E-state index contributed by atoms with van der Waals surface area (Å²) in [6, 6.07) is 2.81. The van der Waals surface area contributed by atoms with Gasteiger partial charge < -0.3 is 15.4 Å². The predicted octanol–water partition coefficient (Wildman–Crippen LogP) is 1.71. The Balaban J connectivity index is 2.01. The van der Waals surface area contributed by atoms with Gasteiger partial charge in [0.15, 0.2) is 0 Å². The molecule has 0 atom stereocenters.